The minimum Gasteiger partial charge on any atom is -0.462 e. The van der Waals surface area contributed by atoms with Crippen LogP contribution in [0.15, 0.2) is 0 Å². The minimum absolute atomic E-state index is 0.109. The first-order valence-electron chi connectivity index (χ1n) is 49.1. The second kappa shape index (κ2) is 86.0. The summed E-state index contributed by atoms with van der Waals surface area (Å²) in [6.07, 6.45) is 82.0. The van der Waals surface area contributed by atoms with Gasteiger partial charge in [-0.15, -0.1) is 0 Å². The van der Waals surface area contributed by atoms with E-state index in [-0.39, 0.29) is 25.7 Å². The highest BCUT2D eigenvalue weighted by atomic mass is 31.2. The highest BCUT2D eigenvalue weighted by Crippen LogP contribution is 2.45. The average Bonchev–Trinajstić information content (AvgIpc) is 0.899. The van der Waals surface area contributed by atoms with Gasteiger partial charge in [0.15, 0.2) is 12.2 Å². The molecular formula is C95H186O17P2. The molecule has 0 saturated heterocycles. The fourth-order valence-electron chi connectivity index (χ4n) is 14.9. The Morgan fingerprint density at radius 2 is 0.421 bits per heavy atom. The fraction of sp³-hybridized carbons (Fsp3) is 0.958. The molecule has 0 aliphatic carbocycles. The third-order valence-electron chi connectivity index (χ3n) is 23.2. The van der Waals surface area contributed by atoms with Crippen molar-refractivity contribution in [2.45, 2.75) is 535 Å². The van der Waals surface area contributed by atoms with E-state index < -0.39 is 97.5 Å². The van der Waals surface area contributed by atoms with Crippen molar-refractivity contribution in [3.63, 3.8) is 0 Å². The van der Waals surface area contributed by atoms with Crippen molar-refractivity contribution in [3.8, 4) is 0 Å². The highest BCUT2D eigenvalue weighted by molar-refractivity contribution is 7.47. The summed E-state index contributed by atoms with van der Waals surface area (Å²) < 4.78 is 69.2. The number of phosphoric acid groups is 2. The number of aliphatic hydroxyl groups is 1. The maximum Gasteiger partial charge on any atom is 0.472 e. The Morgan fingerprint density at radius 1 is 0.246 bits per heavy atom. The number of aliphatic hydroxyl groups excluding tert-OH is 1. The lowest BCUT2D eigenvalue weighted by Crippen LogP contribution is -2.30. The monoisotopic (exact) mass is 1660 g/mol. The van der Waals surface area contributed by atoms with Crippen LogP contribution in [-0.2, 0) is 65.4 Å². The van der Waals surface area contributed by atoms with Crippen LogP contribution in [0.5, 0.6) is 0 Å². The molecule has 4 unspecified atom stereocenters. The molecule has 0 spiro atoms. The quantitative estimate of drug-likeness (QED) is 0.0222. The number of hydrogen-bond acceptors (Lipinski definition) is 15. The van der Waals surface area contributed by atoms with Crippen LogP contribution in [0, 0.1) is 11.8 Å². The summed E-state index contributed by atoms with van der Waals surface area (Å²) in [5, 5.41) is 10.7. The van der Waals surface area contributed by atoms with Crippen molar-refractivity contribution in [3.05, 3.63) is 0 Å². The van der Waals surface area contributed by atoms with Crippen LogP contribution in [0.2, 0.25) is 0 Å². The molecule has 0 aliphatic heterocycles. The van der Waals surface area contributed by atoms with Gasteiger partial charge >= 0.3 is 39.5 Å². The zero-order valence-electron chi connectivity index (χ0n) is 75.4. The summed E-state index contributed by atoms with van der Waals surface area (Å²) in [6, 6.07) is 0. The van der Waals surface area contributed by atoms with Crippen molar-refractivity contribution in [2.24, 2.45) is 11.8 Å². The molecule has 0 radical (unpaired) electrons. The lowest BCUT2D eigenvalue weighted by Gasteiger charge is -2.21. The van der Waals surface area contributed by atoms with E-state index >= 15 is 0 Å². The summed E-state index contributed by atoms with van der Waals surface area (Å²) >= 11 is 0. The molecule has 0 aliphatic rings. The van der Waals surface area contributed by atoms with Crippen molar-refractivity contribution >= 4 is 39.5 Å². The van der Waals surface area contributed by atoms with Gasteiger partial charge in [0.25, 0.3) is 0 Å². The largest absolute Gasteiger partial charge is 0.472 e. The number of esters is 4. The Kier molecular flexibility index (Phi) is 84.6. The molecule has 0 heterocycles. The van der Waals surface area contributed by atoms with Crippen molar-refractivity contribution in [1.29, 1.82) is 0 Å². The molecule has 0 amide bonds. The van der Waals surface area contributed by atoms with E-state index in [1.165, 1.54) is 334 Å². The number of rotatable bonds is 94. The summed E-state index contributed by atoms with van der Waals surface area (Å²) in [5.74, 6) is -0.443. The SMILES string of the molecule is CCCCCCCCCCCCCCCCCCCCCCCC(=O)OC[C@H](COP(=O)(O)OC[C@@H](O)COP(=O)(O)OC[C@@H](COC(=O)CCCCCCCCCCC(C)CC)OC(=O)CCCCCCCCCCCCCCCCCCCCC)OC(=O)CCCCCCCCCCCCCCCCCCCCC(C)CC. The van der Waals surface area contributed by atoms with Gasteiger partial charge in [-0.3, -0.25) is 37.3 Å². The van der Waals surface area contributed by atoms with Crippen molar-refractivity contribution in [2.75, 3.05) is 39.6 Å². The van der Waals surface area contributed by atoms with Gasteiger partial charge in [-0.05, 0) is 37.5 Å². The van der Waals surface area contributed by atoms with Gasteiger partial charge < -0.3 is 33.8 Å². The van der Waals surface area contributed by atoms with E-state index in [4.69, 9.17) is 37.0 Å². The maximum absolute atomic E-state index is 13.2. The average molecular weight is 1660 g/mol. The molecular weight excluding hydrogens is 1470 g/mol. The molecule has 7 atom stereocenters. The van der Waals surface area contributed by atoms with Crippen LogP contribution in [0.25, 0.3) is 0 Å². The summed E-state index contributed by atoms with van der Waals surface area (Å²) in [5.41, 5.74) is 0. The second-order valence-electron chi connectivity index (χ2n) is 34.6. The first kappa shape index (κ1) is 112. The van der Waals surface area contributed by atoms with Crippen LogP contribution >= 0.6 is 15.6 Å². The van der Waals surface area contributed by atoms with Crippen LogP contribution in [0.4, 0.5) is 0 Å². The van der Waals surface area contributed by atoms with E-state index in [0.29, 0.717) is 25.7 Å². The van der Waals surface area contributed by atoms with Gasteiger partial charge in [0.05, 0.1) is 26.4 Å². The predicted octanol–water partition coefficient (Wildman–Crippen LogP) is 29.7. The normalized spacial score (nSPS) is 14.1. The predicted molar refractivity (Wildman–Crippen MR) is 474 cm³/mol. The van der Waals surface area contributed by atoms with Crippen molar-refractivity contribution in [1.82, 2.24) is 0 Å². The van der Waals surface area contributed by atoms with Crippen molar-refractivity contribution < 1.29 is 80.2 Å². The lowest BCUT2D eigenvalue weighted by atomic mass is 9.99. The van der Waals surface area contributed by atoms with Crippen LogP contribution in [0.3, 0.4) is 0 Å². The van der Waals surface area contributed by atoms with Crippen LogP contribution in [-0.4, -0.2) is 96.7 Å². The van der Waals surface area contributed by atoms with Gasteiger partial charge in [-0.2, -0.15) is 0 Å². The Bertz CT molecular complexity index is 2170. The molecule has 114 heavy (non-hydrogen) atoms. The van der Waals surface area contributed by atoms with Gasteiger partial charge in [-0.1, -0.05) is 465 Å². The van der Waals surface area contributed by atoms with E-state index in [9.17, 15) is 43.2 Å². The third kappa shape index (κ3) is 85.1. The molecule has 0 saturated carbocycles. The van der Waals surface area contributed by atoms with Gasteiger partial charge in [-0.25, -0.2) is 9.13 Å². The molecule has 17 nitrogen and oxygen atoms in total. The molecule has 0 aromatic heterocycles. The first-order valence-corrected chi connectivity index (χ1v) is 52.1. The number of carbonyl (C=O) groups excluding carboxylic acids is 4. The Hall–Kier alpha value is -1.94. The summed E-state index contributed by atoms with van der Waals surface area (Å²) in [6.45, 7) is 9.80. The standard InChI is InChI=1S/C95H186O17P2/c1-7-11-13-15-17-19-21-23-25-27-29-30-32-36-40-44-48-52-59-65-71-77-92(97)105-83-90(111-94(99)79-73-68-62-54-50-46-42-38-34-33-35-39-43-47-51-57-63-69-75-87(5)9-3)85-109-113(101,102)107-81-89(96)82-108-114(103,104)110-86-91(84-106-93(98)78-72-66-60-56-55-58-64-70-76-88(6)10-4)112-95(100)80-74-67-61-53-49-45-41-37-31-28-26-24-22-20-18-16-14-12-8-2/h87-91,96H,7-86H2,1-6H3,(H,101,102)(H,103,104)/t87?,88?,89-,90-,91-/m1/s1. The van der Waals surface area contributed by atoms with Crippen LogP contribution < -0.4 is 0 Å². The van der Waals surface area contributed by atoms with Gasteiger partial charge in [0.1, 0.15) is 19.3 Å². The first-order chi connectivity index (χ1) is 55.4. The molecule has 19 heteroatoms. The third-order valence-corrected chi connectivity index (χ3v) is 25.1. The topological polar surface area (TPSA) is 237 Å². The fourth-order valence-corrected chi connectivity index (χ4v) is 16.5. The molecule has 0 rings (SSSR count). The van der Waals surface area contributed by atoms with Crippen LogP contribution in [0.1, 0.15) is 517 Å². The number of hydrogen-bond donors (Lipinski definition) is 3. The van der Waals surface area contributed by atoms with E-state index in [0.717, 1.165) is 102 Å². The zero-order valence-corrected chi connectivity index (χ0v) is 77.2. The number of carbonyl (C=O) groups is 4. The molecule has 0 fully saturated rings. The molecule has 0 aromatic rings. The Balaban J connectivity index is 5.24. The smallest absolute Gasteiger partial charge is 0.462 e. The van der Waals surface area contributed by atoms with E-state index in [1.54, 1.807) is 0 Å². The molecule has 678 valence electrons. The number of unbranched alkanes of at least 4 members (excludes halogenated alkanes) is 62. The molecule has 0 aromatic carbocycles. The zero-order chi connectivity index (χ0) is 83.4. The minimum atomic E-state index is -4.97. The second-order valence-corrected chi connectivity index (χ2v) is 37.5. The van der Waals surface area contributed by atoms with E-state index in [1.807, 2.05) is 0 Å². The Labute approximate surface area is 702 Å². The maximum atomic E-state index is 13.2. The number of ether oxygens (including phenoxy) is 4. The lowest BCUT2D eigenvalue weighted by molar-refractivity contribution is -0.161. The summed E-state index contributed by atoms with van der Waals surface area (Å²) in [7, 11) is -9.94. The molecule has 0 bridgehead atoms. The number of phosphoric ester groups is 2. The van der Waals surface area contributed by atoms with Gasteiger partial charge in [0, 0.05) is 25.7 Å². The summed E-state index contributed by atoms with van der Waals surface area (Å²) in [4.78, 5) is 73.6. The van der Waals surface area contributed by atoms with E-state index in [2.05, 4.69) is 41.5 Å². The molecule has 3 N–H and O–H groups in total. The highest BCUT2D eigenvalue weighted by Gasteiger charge is 2.31. The van der Waals surface area contributed by atoms with Gasteiger partial charge in [0.2, 0.25) is 0 Å². The Morgan fingerprint density at radius 3 is 0.623 bits per heavy atom.